The number of allylic oxidation sites excluding steroid dienone is 10. The second kappa shape index (κ2) is 41.3. The molecule has 0 spiro atoms. The van der Waals surface area contributed by atoms with Gasteiger partial charge in [0, 0.05) is 19.4 Å². The molecule has 0 saturated carbocycles. The molecule has 0 bridgehead atoms. The Morgan fingerprint density at radius 3 is 1.49 bits per heavy atom. The van der Waals surface area contributed by atoms with E-state index in [2.05, 4.69) is 74.6 Å². The van der Waals surface area contributed by atoms with Crippen molar-refractivity contribution in [3.05, 3.63) is 60.8 Å². The first-order valence-corrected chi connectivity index (χ1v) is 23.3. The Bertz CT molecular complexity index is 1090. The topological polar surface area (TPSA) is 134 Å². The lowest BCUT2D eigenvalue weighted by atomic mass is 10.1. The predicted molar refractivity (Wildman–Crippen MR) is 229 cm³/mol. The average molecular weight is 794 g/mol. The summed E-state index contributed by atoms with van der Waals surface area (Å²) >= 11 is 0. The number of carbonyl (C=O) groups is 2. The molecule has 10 heteroatoms. The lowest BCUT2D eigenvalue weighted by molar-refractivity contribution is -0.161. The summed E-state index contributed by atoms with van der Waals surface area (Å²) in [4.78, 5) is 34.8. The molecular formula is C45H80NO8P. The Labute approximate surface area is 336 Å². The van der Waals surface area contributed by atoms with Crippen LogP contribution in [0.2, 0.25) is 0 Å². The molecule has 0 aromatic rings. The highest BCUT2D eigenvalue weighted by Gasteiger charge is 2.25. The van der Waals surface area contributed by atoms with E-state index >= 15 is 0 Å². The summed E-state index contributed by atoms with van der Waals surface area (Å²) in [5, 5.41) is 0. The largest absolute Gasteiger partial charge is 0.472 e. The lowest BCUT2D eigenvalue weighted by Crippen LogP contribution is -2.29. The first kappa shape index (κ1) is 52.7. The normalized spacial score (nSPS) is 13.9. The number of phosphoric ester groups is 1. The first-order chi connectivity index (χ1) is 26.8. The Morgan fingerprint density at radius 2 is 0.964 bits per heavy atom. The van der Waals surface area contributed by atoms with E-state index in [0.717, 1.165) is 57.8 Å². The van der Waals surface area contributed by atoms with Gasteiger partial charge in [0.1, 0.15) is 6.61 Å². The van der Waals surface area contributed by atoms with Gasteiger partial charge in [0.05, 0.1) is 13.2 Å². The Hall–Kier alpha value is -2.29. The standard InChI is InChI=1S/C45H80NO8P/c1-3-5-7-9-11-13-15-17-19-21-23-25-27-29-31-33-35-37-44(47)51-41-43(42-53-55(49,50)52-40-39-46)54-45(48)38-36-34-32-30-28-26-24-22-20-18-16-14-12-10-8-6-4-2/h12,14,17-20,23,25,29,31,43H,3-11,13,15-16,21-22,24,26-28,30,32-42,46H2,1-2H3,(H,49,50)/b14-12+,19-17+,20-18+,25-23+,31-29+/t43-/m1/s1. The summed E-state index contributed by atoms with van der Waals surface area (Å²) in [5.41, 5.74) is 5.34. The van der Waals surface area contributed by atoms with E-state index in [9.17, 15) is 19.0 Å². The van der Waals surface area contributed by atoms with Gasteiger partial charge in [-0.2, -0.15) is 0 Å². The van der Waals surface area contributed by atoms with Crippen molar-refractivity contribution in [2.75, 3.05) is 26.4 Å². The summed E-state index contributed by atoms with van der Waals surface area (Å²) in [7, 11) is -4.39. The number of rotatable bonds is 40. The van der Waals surface area contributed by atoms with Crippen LogP contribution in [-0.2, 0) is 32.7 Å². The van der Waals surface area contributed by atoms with Gasteiger partial charge >= 0.3 is 19.8 Å². The highest BCUT2D eigenvalue weighted by molar-refractivity contribution is 7.47. The second-order valence-corrected chi connectivity index (χ2v) is 15.7. The number of unbranched alkanes of at least 4 members (excludes halogenated alkanes) is 17. The van der Waals surface area contributed by atoms with Gasteiger partial charge in [0.2, 0.25) is 0 Å². The van der Waals surface area contributed by atoms with Gasteiger partial charge in [-0.3, -0.25) is 18.6 Å². The molecule has 0 rings (SSSR count). The quantitative estimate of drug-likeness (QED) is 0.0269. The number of esters is 2. The van der Waals surface area contributed by atoms with E-state index in [1.54, 1.807) is 0 Å². The zero-order valence-electron chi connectivity index (χ0n) is 34.9. The van der Waals surface area contributed by atoms with Crippen molar-refractivity contribution in [2.24, 2.45) is 5.73 Å². The number of hydrogen-bond acceptors (Lipinski definition) is 8. The number of phosphoric acid groups is 1. The van der Waals surface area contributed by atoms with E-state index in [1.807, 2.05) is 0 Å². The third-order valence-corrected chi connectivity index (χ3v) is 9.86. The first-order valence-electron chi connectivity index (χ1n) is 21.8. The third-order valence-electron chi connectivity index (χ3n) is 8.88. The summed E-state index contributed by atoms with van der Waals surface area (Å²) in [6.45, 7) is 3.63. The molecule has 0 aromatic heterocycles. The minimum atomic E-state index is -4.39. The Kier molecular flexibility index (Phi) is 39.6. The van der Waals surface area contributed by atoms with Crippen LogP contribution < -0.4 is 5.73 Å². The molecular weight excluding hydrogens is 713 g/mol. The highest BCUT2D eigenvalue weighted by atomic mass is 31.2. The van der Waals surface area contributed by atoms with Crippen LogP contribution in [0.4, 0.5) is 0 Å². The molecule has 3 N–H and O–H groups in total. The van der Waals surface area contributed by atoms with Crippen molar-refractivity contribution in [3.8, 4) is 0 Å². The highest BCUT2D eigenvalue weighted by Crippen LogP contribution is 2.43. The van der Waals surface area contributed by atoms with E-state index in [-0.39, 0.29) is 32.6 Å². The van der Waals surface area contributed by atoms with Gasteiger partial charge in [-0.1, -0.05) is 152 Å². The lowest BCUT2D eigenvalue weighted by Gasteiger charge is -2.19. The fourth-order valence-electron chi connectivity index (χ4n) is 5.62. The zero-order chi connectivity index (χ0) is 40.3. The molecule has 318 valence electrons. The van der Waals surface area contributed by atoms with Gasteiger partial charge in [-0.15, -0.1) is 0 Å². The van der Waals surface area contributed by atoms with Crippen LogP contribution in [0, 0.1) is 0 Å². The van der Waals surface area contributed by atoms with Crippen LogP contribution in [0.3, 0.4) is 0 Å². The summed E-state index contributed by atoms with van der Waals surface area (Å²) in [6.07, 6.45) is 48.2. The van der Waals surface area contributed by atoms with Crippen LogP contribution in [0.1, 0.15) is 181 Å². The summed E-state index contributed by atoms with van der Waals surface area (Å²) in [6, 6.07) is 0. The van der Waals surface area contributed by atoms with Crippen LogP contribution in [-0.4, -0.2) is 49.3 Å². The van der Waals surface area contributed by atoms with Crippen LogP contribution in [0.25, 0.3) is 0 Å². The molecule has 9 nitrogen and oxygen atoms in total. The minimum Gasteiger partial charge on any atom is -0.462 e. The molecule has 0 aromatic carbocycles. The summed E-state index contributed by atoms with van der Waals surface area (Å²) < 4.78 is 32.7. The second-order valence-electron chi connectivity index (χ2n) is 14.2. The number of ether oxygens (including phenoxy) is 2. The monoisotopic (exact) mass is 794 g/mol. The van der Waals surface area contributed by atoms with Gasteiger partial charge < -0.3 is 20.1 Å². The average Bonchev–Trinajstić information content (AvgIpc) is 3.17. The maximum absolute atomic E-state index is 12.6. The SMILES string of the molecule is CCCCC/C=C/C/C=C/CCCCCCCCCC(=O)O[C@H](COC(=O)CCC/C=C/C/C=C/C/C=C/CCCCCCCC)COP(=O)(O)OCCN. The van der Waals surface area contributed by atoms with E-state index < -0.39 is 32.5 Å². The molecule has 0 amide bonds. The van der Waals surface area contributed by atoms with Crippen molar-refractivity contribution >= 4 is 19.8 Å². The number of hydrogen-bond donors (Lipinski definition) is 2. The smallest absolute Gasteiger partial charge is 0.462 e. The molecule has 1 unspecified atom stereocenters. The van der Waals surface area contributed by atoms with E-state index in [0.29, 0.717) is 12.8 Å². The van der Waals surface area contributed by atoms with Crippen molar-refractivity contribution in [1.29, 1.82) is 0 Å². The molecule has 0 aliphatic carbocycles. The molecule has 2 atom stereocenters. The van der Waals surface area contributed by atoms with E-state index in [1.165, 1.54) is 83.5 Å². The Morgan fingerprint density at radius 1 is 0.545 bits per heavy atom. The van der Waals surface area contributed by atoms with Gasteiger partial charge in [0.25, 0.3) is 0 Å². The van der Waals surface area contributed by atoms with Crippen molar-refractivity contribution < 1.29 is 37.6 Å². The predicted octanol–water partition coefficient (Wildman–Crippen LogP) is 12.5. The summed E-state index contributed by atoms with van der Waals surface area (Å²) in [5.74, 6) is -0.902. The van der Waals surface area contributed by atoms with Gasteiger partial charge in [-0.05, 0) is 77.0 Å². The van der Waals surface area contributed by atoms with Crippen molar-refractivity contribution in [3.63, 3.8) is 0 Å². The minimum absolute atomic E-state index is 0.0432. The zero-order valence-corrected chi connectivity index (χ0v) is 35.8. The number of carbonyl (C=O) groups excluding carboxylic acids is 2. The van der Waals surface area contributed by atoms with Gasteiger partial charge in [-0.25, -0.2) is 4.57 Å². The van der Waals surface area contributed by atoms with E-state index in [4.69, 9.17) is 24.3 Å². The van der Waals surface area contributed by atoms with Crippen LogP contribution >= 0.6 is 7.82 Å². The van der Waals surface area contributed by atoms with Crippen molar-refractivity contribution in [1.82, 2.24) is 0 Å². The molecule has 0 aliphatic rings. The molecule has 0 fully saturated rings. The fourth-order valence-corrected chi connectivity index (χ4v) is 6.39. The molecule has 0 saturated heterocycles. The maximum Gasteiger partial charge on any atom is 0.472 e. The Balaban J connectivity index is 4.26. The molecule has 0 radical (unpaired) electrons. The molecule has 0 heterocycles. The number of nitrogens with two attached hydrogens (primary N) is 1. The van der Waals surface area contributed by atoms with Crippen LogP contribution in [0.15, 0.2) is 60.8 Å². The maximum atomic E-state index is 12.6. The third kappa shape index (κ3) is 41.2. The fraction of sp³-hybridized carbons (Fsp3) is 0.733. The van der Waals surface area contributed by atoms with Crippen LogP contribution in [0.5, 0.6) is 0 Å². The van der Waals surface area contributed by atoms with Crippen molar-refractivity contribution in [2.45, 2.75) is 187 Å². The molecule has 55 heavy (non-hydrogen) atoms. The molecule has 0 aliphatic heterocycles. The van der Waals surface area contributed by atoms with Gasteiger partial charge in [0.15, 0.2) is 6.10 Å².